The molecule has 0 saturated carbocycles. The maximum atomic E-state index is 5.54. The second-order valence-corrected chi connectivity index (χ2v) is 4.04. The number of nitrogens with one attached hydrogen (secondary N) is 1. The largest absolute Gasteiger partial charge is 0.377 e. The van der Waals surface area contributed by atoms with Crippen molar-refractivity contribution in [1.29, 1.82) is 0 Å². The molecule has 0 radical (unpaired) electrons. The van der Waals surface area contributed by atoms with Crippen LogP contribution in [-0.4, -0.2) is 25.9 Å². The molecule has 0 aliphatic carbocycles. The lowest BCUT2D eigenvalue weighted by molar-refractivity contribution is -0.0368. The number of hydrogen-bond donors (Lipinski definition) is 1. The maximum Gasteiger partial charge on any atom is 0.0722 e. The highest BCUT2D eigenvalue weighted by molar-refractivity contribution is 4.63. The van der Waals surface area contributed by atoms with E-state index in [-0.39, 0.29) is 0 Å². The van der Waals surface area contributed by atoms with Gasteiger partial charge in [0.15, 0.2) is 0 Å². The van der Waals surface area contributed by atoms with Crippen LogP contribution in [0.1, 0.15) is 33.1 Å². The Labute approximate surface area is 80.7 Å². The van der Waals surface area contributed by atoms with E-state index < -0.39 is 0 Å². The van der Waals surface area contributed by atoms with Crippen LogP contribution in [0.2, 0.25) is 0 Å². The summed E-state index contributed by atoms with van der Waals surface area (Å²) in [6.45, 7) is 6.79. The highest BCUT2D eigenvalue weighted by Gasteiger charge is 2.12. The van der Waals surface area contributed by atoms with E-state index >= 15 is 0 Å². The van der Waals surface area contributed by atoms with Gasteiger partial charge >= 0.3 is 0 Å². The molecule has 78 valence electrons. The van der Waals surface area contributed by atoms with Gasteiger partial charge in [-0.3, -0.25) is 0 Å². The van der Waals surface area contributed by atoms with Crippen molar-refractivity contribution in [3.05, 3.63) is 0 Å². The van der Waals surface area contributed by atoms with Crippen molar-refractivity contribution in [2.45, 2.75) is 39.2 Å². The minimum absolute atomic E-state index is 0.362. The highest BCUT2D eigenvalue weighted by atomic mass is 16.6. The summed E-state index contributed by atoms with van der Waals surface area (Å²) in [6.07, 6.45) is 4.03. The van der Waals surface area contributed by atoms with Gasteiger partial charge in [-0.2, -0.15) is 5.48 Å². The molecule has 0 aromatic carbocycles. The molecule has 0 bridgehead atoms. The van der Waals surface area contributed by atoms with Crippen molar-refractivity contribution in [3.8, 4) is 0 Å². The Morgan fingerprint density at radius 2 is 2.31 bits per heavy atom. The standard InChI is InChI=1S/C10H21NO2/c1-9(2)8-13-11-7-10-5-3-4-6-12-10/h9-11H,3-8H2,1-2H3. The number of hydrogen-bond acceptors (Lipinski definition) is 3. The summed E-state index contributed by atoms with van der Waals surface area (Å²) in [5.74, 6) is 0.583. The number of rotatable bonds is 5. The SMILES string of the molecule is CC(C)CONCC1CCCCO1. The van der Waals surface area contributed by atoms with Crippen LogP contribution in [0, 0.1) is 5.92 Å². The van der Waals surface area contributed by atoms with Gasteiger partial charge in [0.25, 0.3) is 0 Å². The van der Waals surface area contributed by atoms with E-state index in [1.807, 2.05) is 0 Å². The average Bonchev–Trinajstić information content (AvgIpc) is 2.14. The molecule has 3 nitrogen and oxygen atoms in total. The van der Waals surface area contributed by atoms with Crippen LogP contribution in [0.5, 0.6) is 0 Å². The molecule has 0 aromatic heterocycles. The summed E-state index contributed by atoms with van der Waals surface area (Å²) in [4.78, 5) is 5.27. The summed E-state index contributed by atoms with van der Waals surface area (Å²) >= 11 is 0. The Balaban J connectivity index is 1.92. The zero-order valence-corrected chi connectivity index (χ0v) is 8.71. The Morgan fingerprint density at radius 1 is 1.46 bits per heavy atom. The van der Waals surface area contributed by atoms with E-state index in [0.29, 0.717) is 12.0 Å². The molecule has 1 heterocycles. The fourth-order valence-electron chi connectivity index (χ4n) is 1.35. The lowest BCUT2D eigenvalue weighted by atomic mass is 10.1. The molecule has 0 amide bonds. The number of hydroxylamine groups is 1. The third kappa shape index (κ3) is 5.24. The molecular weight excluding hydrogens is 166 g/mol. The zero-order chi connectivity index (χ0) is 9.52. The summed E-state index contributed by atoms with van der Waals surface area (Å²) in [7, 11) is 0. The van der Waals surface area contributed by atoms with Crippen LogP contribution in [0.4, 0.5) is 0 Å². The summed E-state index contributed by atoms with van der Waals surface area (Å²) in [6, 6.07) is 0. The van der Waals surface area contributed by atoms with E-state index in [9.17, 15) is 0 Å². The van der Waals surface area contributed by atoms with Crippen LogP contribution in [-0.2, 0) is 9.57 Å². The van der Waals surface area contributed by atoms with Crippen LogP contribution in [0.3, 0.4) is 0 Å². The monoisotopic (exact) mass is 187 g/mol. The normalized spacial score (nSPS) is 23.8. The molecule has 1 N–H and O–H groups in total. The third-order valence-corrected chi connectivity index (χ3v) is 2.10. The predicted molar refractivity (Wildman–Crippen MR) is 52.4 cm³/mol. The van der Waals surface area contributed by atoms with E-state index in [4.69, 9.17) is 9.57 Å². The van der Waals surface area contributed by atoms with Gasteiger partial charge in [0.2, 0.25) is 0 Å². The van der Waals surface area contributed by atoms with Gasteiger partial charge in [0, 0.05) is 13.2 Å². The molecule has 1 saturated heterocycles. The third-order valence-electron chi connectivity index (χ3n) is 2.10. The second-order valence-electron chi connectivity index (χ2n) is 4.04. The fourth-order valence-corrected chi connectivity index (χ4v) is 1.35. The lowest BCUT2D eigenvalue weighted by Gasteiger charge is -2.22. The molecule has 1 rings (SSSR count). The van der Waals surface area contributed by atoms with Crippen molar-refractivity contribution in [2.24, 2.45) is 5.92 Å². The summed E-state index contributed by atoms with van der Waals surface area (Å²) in [5.41, 5.74) is 2.96. The Kier molecular flexibility index (Phi) is 5.35. The van der Waals surface area contributed by atoms with Gasteiger partial charge in [-0.1, -0.05) is 13.8 Å². The van der Waals surface area contributed by atoms with Crippen LogP contribution in [0.15, 0.2) is 0 Å². The van der Waals surface area contributed by atoms with Crippen LogP contribution >= 0.6 is 0 Å². The molecule has 1 aliphatic heterocycles. The van der Waals surface area contributed by atoms with Gasteiger partial charge in [0.1, 0.15) is 0 Å². The number of ether oxygens (including phenoxy) is 1. The Bertz CT molecular complexity index is 122. The van der Waals surface area contributed by atoms with E-state index in [2.05, 4.69) is 19.3 Å². The Hall–Kier alpha value is -0.120. The quantitative estimate of drug-likeness (QED) is 0.525. The molecule has 1 fully saturated rings. The van der Waals surface area contributed by atoms with Gasteiger partial charge in [-0.25, -0.2) is 0 Å². The van der Waals surface area contributed by atoms with Crippen molar-refractivity contribution in [1.82, 2.24) is 5.48 Å². The maximum absolute atomic E-state index is 5.54. The summed E-state index contributed by atoms with van der Waals surface area (Å²) in [5, 5.41) is 0. The first-order valence-electron chi connectivity index (χ1n) is 5.25. The first-order chi connectivity index (χ1) is 6.29. The van der Waals surface area contributed by atoms with Crippen LogP contribution in [0.25, 0.3) is 0 Å². The second kappa shape index (κ2) is 6.35. The molecule has 1 aliphatic rings. The first kappa shape index (κ1) is 11.0. The van der Waals surface area contributed by atoms with Crippen molar-refractivity contribution >= 4 is 0 Å². The Morgan fingerprint density at radius 3 is 2.92 bits per heavy atom. The highest BCUT2D eigenvalue weighted by Crippen LogP contribution is 2.11. The topological polar surface area (TPSA) is 30.5 Å². The first-order valence-corrected chi connectivity index (χ1v) is 5.25. The van der Waals surface area contributed by atoms with Gasteiger partial charge < -0.3 is 9.57 Å². The molecule has 3 heteroatoms. The molecule has 0 spiro atoms. The van der Waals surface area contributed by atoms with E-state index in [1.165, 1.54) is 12.8 Å². The molecular formula is C10H21NO2. The van der Waals surface area contributed by atoms with Crippen LogP contribution < -0.4 is 5.48 Å². The lowest BCUT2D eigenvalue weighted by Crippen LogP contribution is -2.32. The van der Waals surface area contributed by atoms with Crippen molar-refractivity contribution in [2.75, 3.05) is 19.8 Å². The fraction of sp³-hybridized carbons (Fsp3) is 1.00. The smallest absolute Gasteiger partial charge is 0.0722 e. The van der Waals surface area contributed by atoms with Crippen molar-refractivity contribution in [3.63, 3.8) is 0 Å². The average molecular weight is 187 g/mol. The predicted octanol–water partition coefficient (Wildman–Crippen LogP) is 1.73. The summed E-state index contributed by atoms with van der Waals surface area (Å²) < 4.78 is 5.54. The van der Waals surface area contributed by atoms with Crippen molar-refractivity contribution < 1.29 is 9.57 Å². The van der Waals surface area contributed by atoms with E-state index in [1.54, 1.807) is 0 Å². The zero-order valence-electron chi connectivity index (χ0n) is 8.71. The van der Waals surface area contributed by atoms with Gasteiger partial charge in [-0.15, -0.1) is 0 Å². The van der Waals surface area contributed by atoms with Gasteiger partial charge in [0.05, 0.1) is 12.7 Å². The van der Waals surface area contributed by atoms with Gasteiger partial charge in [-0.05, 0) is 25.2 Å². The van der Waals surface area contributed by atoms with E-state index in [0.717, 1.165) is 26.2 Å². The molecule has 1 unspecified atom stereocenters. The molecule has 0 aromatic rings. The minimum Gasteiger partial charge on any atom is -0.377 e. The minimum atomic E-state index is 0.362. The molecule has 13 heavy (non-hydrogen) atoms. The molecule has 1 atom stereocenters.